The summed E-state index contributed by atoms with van der Waals surface area (Å²) in [6.07, 6.45) is 1.99. The maximum Gasteiger partial charge on any atom is 0.236 e. The fourth-order valence-electron chi connectivity index (χ4n) is 2.63. The van der Waals surface area contributed by atoms with Crippen LogP contribution in [0.5, 0.6) is 0 Å². The van der Waals surface area contributed by atoms with Gasteiger partial charge in [-0.1, -0.05) is 36.0 Å². The first-order valence-corrected chi connectivity index (χ1v) is 9.24. The third-order valence-electron chi connectivity index (χ3n) is 3.75. The minimum Gasteiger partial charge on any atom is -0.301 e. The van der Waals surface area contributed by atoms with Gasteiger partial charge in [-0.25, -0.2) is 9.67 Å². The van der Waals surface area contributed by atoms with Crippen LogP contribution >= 0.6 is 23.1 Å². The summed E-state index contributed by atoms with van der Waals surface area (Å²) in [5.41, 5.74) is 3.50. The van der Waals surface area contributed by atoms with Gasteiger partial charge in [-0.3, -0.25) is 4.79 Å². The summed E-state index contributed by atoms with van der Waals surface area (Å²) in [6.45, 7) is 0. The van der Waals surface area contributed by atoms with Crippen molar-refractivity contribution in [2.75, 3.05) is 11.1 Å². The highest BCUT2D eigenvalue weighted by Crippen LogP contribution is 2.37. The molecule has 3 aromatic rings. The van der Waals surface area contributed by atoms with Gasteiger partial charge in [-0.15, -0.1) is 16.4 Å². The highest BCUT2D eigenvalue weighted by molar-refractivity contribution is 7.99. The fourth-order valence-corrected chi connectivity index (χ4v) is 4.27. The van der Waals surface area contributed by atoms with Crippen LogP contribution in [-0.4, -0.2) is 36.9 Å². The van der Waals surface area contributed by atoms with Gasteiger partial charge in [0.25, 0.3) is 0 Å². The molecule has 0 saturated heterocycles. The van der Waals surface area contributed by atoms with Gasteiger partial charge >= 0.3 is 0 Å². The van der Waals surface area contributed by atoms with Crippen LogP contribution in [0, 0.1) is 0 Å². The maximum atomic E-state index is 12.1. The quantitative estimate of drug-likeness (QED) is 0.720. The van der Waals surface area contributed by atoms with E-state index in [9.17, 15) is 4.79 Å². The second kappa shape index (κ2) is 6.33. The number of hydrogen-bond acceptors (Lipinski definition) is 7. The molecule has 0 saturated carbocycles. The number of carbonyl (C=O) groups is 1. The number of aryl methyl sites for hydroxylation is 3. The second-order valence-electron chi connectivity index (χ2n) is 5.37. The number of nitrogens with zero attached hydrogens (tertiary/aromatic N) is 5. The van der Waals surface area contributed by atoms with E-state index in [0.29, 0.717) is 10.3 Å². The Hall–Kier alpha value is -2.26. The smallest absolute Gasteiger partial charge is 0.236 e. The van der Waals surface area contributed by atoms with Crippen LogP contribution in [0.25, 0.3) is 11.3 Å². The minimum absolute atomic E-state index is 0.109. The lowest BCUT2D eigenvalue weighted by Gasteiger charge is -2.13. The van der Waals surface area contributed by atoms with Crippen LogP contribution < -0.4 is 5.32 Å². The zero-order valence-electron chi connectivity index (χ0n) is 12.9. The summed E-state index contributed by atoms with van der Waals surface area (Å²) in [5.74, 6) is 0.136. The van der Waals surface area contributed by atoms with Crippen molar-refractivity contribution in [2.45, 2.75) is 18.0 Å². The Kier molecular flexibility index (Phi) is 4.03. The lowest BCUT2D eigenvalue weighted by Crippen LogP contribution is -2.14. The predicted molar refractivity (Wildman–Crippen MR) is 93.1 cm³/mol. The largest absolute Gasteiger partial charge is 0.301 e. The highest BCUT2D eigenvalue weighted by Gasteiger charge is 2.21. The van der Waals surface area contributed by atoms with E-state index in [-0.39, 0.29) is 11.7 Å². The van der Waals surface area contributed by atoms with E-state index in [1.54, 1.807) is 18.4 Å². The maximum absolute atomic E-state index is 12.1. The number of anilines is 1. The molecule has 0 fully saturated rings. The third kappa shape index (κ3) is 2.92. The predicted octanol–water partition coefficient (Wildman–Crippen LogP) is 2.16. The van der Waals surface area contributed by atoms with E-state index in [2.05, 4.69) is 44.0 Å². The summed E-state index contributed by atoms with van der Waals surface area (Å²) < 4.78 is 1.54. The molecule has 0 radical (unpaired) electrons. The van der Waals surface area contributed by atoms with Gasteiger partial charge < -0.3 is 5.32 Å². The summed E-state index contributed by atoms with van der Waals surface area (Å²) in [4.78, 5) is 18.0. The molecule has 7 nitrogen and oxygen atoms in total. The normalized spacial score (nSPS) is 12.5. The number of benzene rings is 1. The number of thioether (sulfide) groups is 1. The van der Waals surface area contributed by atoms with E-state index >= 15 is 0 Å². The van der Waals surface area contributed by atoms with Crippen LogP contribution in [-0.2, 0) is 24.7 Å². The van der Waals surface area contributed by atoms with Gasteiger partial charge in [0, 0.05) is 17.5 Å². The summed E-state index contributed by atoms with van der Waals surface area (Å²) >= 11 is 2.85. The Morgan fingerprint density at radius 2 is 2.25 bits per heavy atom. The molecule has 1 aliphatic carbocycles. The fraction of sp³-hybridized carbons (Fsp3) is 0.267. The zero-order valence-corrected chi connectivity index (χ0v) is 14.5. The number of fused-ring (bicyclic) bond motifs is 3. The third-order valence-corrected chi connectivity index (χ3v) is 5.79. The van der Waals surface area contributed by atoms with Gasteiger partial charge in [0.1, 0.15) is 0 Å². The molecule has 0 atom stereocenters. The molecular formula is C15H14N6OS2. The average Bonchev–Trinajstić information content (AvgIpc) is 3.18. The van der Waals surface area contributed by atoms with Crippen molar-refractivity contribution in [3.63, 3.8) is 0 Å². The van der Waals surface area contributed by atoms with Gasteiger partial charge in [0.05, 0.1) is 11.4 Å². The Morgan fingerprint density at radius 3 is 3.08 bits per heavy atom. The van der Waals surface area contributed by atoms with Crippen molar-refractivity contribution < 1.29 is 4.79 Å². The molecule has 0 aliphatic heterocycles. The van der Waals surface area contributed by atoms with Crippen molar-refractivity contribution >= 4 is 34.1 Å². The van der Waals surface area contributed by atoms with Crippen molar-refractivity contribution in [1.82, 2.24) is 25.2 Å². The molecule has 1 amide bonds. The molecule has 1 aromatic carbocycles. The van der Waals surface area contributed by atoms with Crippen molar-refractivity contribution in [2.24, 2.45) is 7.05 Å². The topological polar surface area (TPSA) is 85.6 Å². The molecule has 0 bridgehead atoms. The van der Waals surface area contributed by atoms with Crippen molar-refractivity contribution in [1.29, 1.82) is 0 Å². The molecule has 2 heterocycles. The van der Waals surface area contributed by atoms with E-state index in [1.807, 2.05) is 6.07 Å². The van der Waals surface area contributed by atoms with E-state index in [0.717, 1.165) is 18.5 Å². The Balaban J connectivity index is 1.46. The molecule has 1 aliphatic rings. The molecule has 122 valence electrons. The SMILES string of the molecule is Cn1nnnc1SCC(=O)Nc1nc2c(s1)CCc1ccccc1-2. The summed E-state index contributed by atoms with van der Waals surface area (Å²) in [5, 5.41) is 15.3. The molecule has 0 unspecified atom stereocenters. The highest BCUT2D eigenvalue weighted by atomic mass is 32.2. The monoisotopic (exact) mass is 358 g/mol. The average molecular weight is 358 g/mol. The Morgan fingerprint density at radius 1 is 1.38 bits per heavy atom. The van der Waals surface area contributed by atoms with Crippen LogP contribution in [0.2, 0.25) is 0 Å². The van der Waals surface area contributed by atoms with Crippen LogP contribution in [0.1, 0.15) is 10.4 Å². The first-order chi connectivity index (χ1) is 11.7. The van der Waals surface area contributed by atoms with E-state index < -0.39 is 0 Å². The van der Waals surface area contributed by atoms with E-state index in [1.165, 1.54) is 32.4 Å². The second-order valence-corrected chi connectivity index (χ2v) is 7.40. The van der Waals surface area contributed by atoms with Gasteiger partial charge in [0.15, 0.2) is 5.13 Å². The Labute approximate surface area is 146 Å². The lowest BCUT2D eigenvalue weighted by molar-refractivity contribution is -0.113. The van der Waals surface area contributed by atoms with Crippen LogP contribution in [0.3, 0.4) is 0 Å². The molecule has 1 N–H and O–H groups in total. The van der Waals surface area contributed by atoms with Gasteiger partial charge in [-0.2, -0.15) is 0 Å². The van der Waals surface area contributed by atoms with Crippen LogP contribution in [0.4, 0.5) is 5.13 Å². The molecular weight excluding hydrogens is 344 g/mol. The zero-order chi connectivity index (χ0) is 16.5. The lowest BCUT2D eigenvalue weighted by atomic mass is 9.94. The Bertz CT molecular complexity index is 903. The standard InChI is InChI=1S/C15H14N6OS2/c1-21-15(18-19-20-21)23-8-12(22)16-14-17-13-10-5-3-2-4-9(10)6-7-11(13)24-14/h2-5H,6-8H2,1H3,(H,16,17,22). The number of nitrogens with one attached hydrogen (secondary N) is 1. The number of tetrazole rings is 1. The van der Waals surface area contributed by atoms with Crippen molar-refractivity contribution in [3.05, 3.63) is 34.7 Å². The number of carbonyl (C=O) groups excluding carboxylic acids is 1. The molecule has 24 heavy (non-hydrogen) atoms. The summed E-state index contributed by atoms with van der Waals surface area (Å²) in [6, 6.07) is 8.31. The van der Waals surface area contributed by atoms with E-state index in [4.69, 9.17) is 0 Å². The first-order valence-electron chi connectivity index (χ1n) is 7.43. The summed E-state index contributed by atoms with van der Waals surface area (Å²) in [7, 11) is 1.74. The minimum atomic E-state index is -0.109. The van der Waals surface area contributed by atoms with Gasteiger partial charge in [0.2, 0.25) is 11.1 Å². The number of thiazole rings is 1. The number of amides is 1. The molecule has 2 aromatic heterocycles. The van der Waals surface area contributed by atoms with Crippen molar-refractivity contribution in [3.8, 4) is 11.3 Å². The van der Waals surface area contributed by atoms with Gasteiger partial charge in [-0.05, 0) is 28.8 Å². The van der Waals surface area contributed by atoms with Crippen LogP contribution in [0.15, 0.2) is 29.4 Å². The molecule has 0 spiro atoms. The molecule has 4 rings (SSSR count). The number of hydrogen-bond donors (Lipinski definition) is 1. The number of rotatable bonds is 4. The number of aromatic nitrogens is 5. The first kappa shape index (κ1) is 15.3. The molecule has 9 heteroatoms.